The van der Waals surface area contributed by atoms with Crippen molar-refractivity contribution in [3.8, 4) is 0 Å². The number of nitrogens with zero attached hydrogens (tertiary/aromatic N) is 1. The first-order valence-electron chi connectivity index (χ1n) is 5.97. The van der Waals surface area contributed by atoms with Crippen LogP contribution in [0.3, 0.4) is 0 Å². The summed E-state index contributed by atoms with van der Waals surface area (Å²) in [5.41, 5.74) is 4.11. The summed E-state index contributed by atoms with van der Waals surface area (Å²) in [6.07, 6.45) is 0.614. The Morgan fingerprint density at radius 2 is 2.10 bits per heavy atom. The van der Waals surface area contributed by atoms with Gasteiger partial charge in [-0.25, -0.2) is 8.78 Å². The van der Waals surface area contributed by atoms with Crippen molar-refractivity contribution >= 4 is 17.3 Å². The van der Waals surface area contributed by atoms with Crippen molar-refractivity contribution in [3.05, 3.63) is 33.9 Å². The first kappa shape index (κ1) is 16.0. The molecule has 8 heteroatoms. The van der Waals surface area contributed by atoms with Crippen molar-refractivity contribution in [3.63, 3.8) is 0 Å². The van der Waals surface area contributed by atoms with Crippen LogP contribution in [-0.2, 0) is 4.79 Å². The molecule has 3 N–H and O–H groups in total. The average molecular weight is 287 g/mol. The maximum absolute atomic E-state index is 13.6. The number of amides is 1. The first-order valence-corrected chi connectivity index (χ1v) is 5.97. The molecular formula is C12H15F2N3O3. The number of nitrogens with one attached hydrogen (secondary N) is 1. The lowest BCUT2D eigenvalue weighted by molar-refractivity contribution is -0.384. The van der Waals surface area contributed by atoms with Crippen molar-refractivity contribution in [1.82, 2.24) is 0 Å². The zero-order valence-corrected chi connectivity index (χ0v) is 11.0. The van der Waals surface area contributed by atoms with E-state index < -0.39 is 39.9 Å². The van der Waals surface area contributed by atoms with Gasteiger partial charge in [0.15, 0.2) is 11.5 Å². The summed E-state index contributed by atoms with van der Waals surface area (Å²) in [7, 11) is 0. The molecule has 0 fully saturated rings. The van der Waals surface area contributed by atoms with Crippen molar-refractivity contribution < 1.29 is 18.5 Å². The summed E-state index contributed by atoms with van der Waals surface area (Å²) in [6.45, 7) is 3.54. The third-order valence-electron chi connectivity index (χ3n) is 3.04. The van der Waals surface area contributed by atoms with Gasteiger partial charge in [0.1, 0.15) is 5.82 Å². The van der Waals surface area contributed by atoms with Gasteiger partial charge < -0.3 is 11.1 Å². The Balaban J connectivity index is 3.09. The van der Waals surface area contributed by atoms with Crippen LogP contribution < -0.4 is 11.1 Å². The summed E-state index contributed by atoms with van der Waals surface area (Å²) in [6, 6.07) is 0.0502. The second-order valence-electron chi connectivity index (χ2n) is 4.44. The minimum absolute atomic E-state index is 0.183. The Labute approximate surface area is 114 Å². The molecule has 0 aliphatic rings. The van der Waals surface area contributed by atoms with Crippen LogP contribution in [0.2, 0.25) is 0 Å². The molecule has 0 radical (unpaired) electrons. The molecular weight excluding hydrogens is 272 g/mol. The second kappa shape index (κ2) is 6.38. The lowest BCUT2D eigenvalue weighted by atomic mass is 9.99. The summed E-state index contributed by atoms with van der Waals surface area (Å²) in [5.74, 6) is -3.26. The van der Waals surface area contributed by atoms with Gasteiger partial charge in [-0.3, -0.25) is 14.9 Å². The Kier molecular flexibility index (Phi) is 5.09. The molecule has 0 aliphatic carbocycles. The highest BCUT2D eigenvalue weighted by molar-refractivity contribution is 5.96. The zero-order chi connectivity index (χ0) is 15.4. The Morgan fingerprint density at radius 3 is 2.60 bits per heavy atom. The van der Waals surface area contributed by atoms with Gasteiger partial charge in [0.25, 0.3) is 5.69 Å². The molecule has 1 aromatic carbocycles. The molecule has 1 aromatic rings. The summed E-state index contributed by atoms with van der Waals surface area (Å²) < 4.78 is 26.5. The summed E-state index contributed by atoms with van der Waals surface area (Å²) >= 11 is 0. The zero-order valence-electron chi connectivity index (χ0n) is 11.0. The Morgan fingerprint density at radius 1 is 1.50 bits per heavy atom. The van der Waals surface area contributed by atoms with Gasteiger partial charge in [0.2, 0.25) is 5.91 Å². The van der Waals surface area contributed by atoms with Gasteiger partial charge in [-0.05, 0) is 5.92 Å². The van der Waals surface area contributed by atoms with Gasteiger partial charge in [-0.15, -0.1) is 0 Å². The van der Waals surface area contributed by atoms with Gasteiger partial charge >= 0.3 is 0 Å². The molecule has 0 heterocycles. The molecule has 0 saturated carbocycles. The monoisotopic (exact) mass is 287 g/mol. The second-order valence-corrected chi connectivity index (χ2v) is 4.44. The molecule has 0 saturated heterocycles. The lowest BCUT2D eigenvalue weighted by Gasteiger charge is -2.17. The van der Waals surface area contributed by atoms with Crippen LogP contribution in [-0.4, -0.2) is 16.9 Å². The number of halogens is 2. The molecule has 0 aromatic heterocycles. The maximum Gasteiger partial charge on any atom is 0.298 e. The standard InChI is InChI=1S/C12H15F2N3O3/c1-3-6(2)10(15)12(18)16-11-8(14)4-7(13)5-9(11)17(19)20/h4-6,10H,3,15H2,1-2H3,(H,16,18)/t6-,10-/m0/s1. The highest BCUT2D eigenvalue weighted by atomic mass is 19.1. The normalized spacial score (nSPS) is 13.7. The number of carbonyl (C=O) groups excluding carboxylic acids is 1. The number of nitro benzene ring substituents is 1. The third-order valence-corrected chi connectivity index (χ3v) is 3.04. The van der Waals surface area contributed by atoms with E-state index in [4.69, 9.17) is 5.73 Å². The fraction of sp³-hybridized carbons (Fsp3) is 0.417. The summed E-state index contributed by atoms with van der Waals surface area (Å²) in [5, 5.41) is 12.8. The minimum Gasteiger partial charge on any atom is -0.320 e. The topological polar surface area (TPSA) is 98.3 Å². The van der Waals surface area contributed by atoms with E-state index in [1.165, 1.54) is 0 Å². The summed E-state index contributed by atoms with van der Waals surface area (Å²) in [4.78, 5) is 21.6. The highest BCUT2D eigenvalue weighted by Gasteiger charge is 2.26. The molecule has 0 spiro atoms. The number of rotatable bonds is 5. The van der Waals surface area contributed by atoms with Gasteiger partial charge in [0.05, 0.1) is 17.0 Å². The highest BCUT2D eigenvalue weighted by Crippen LogP contribution is 2.29. The van der Waals surface area contributed by atoms with E-state index in [0.29, 0.717) is 18.6 Å². The number of nitrogens with two attached hydrogens (primary N) is 1. The smallest absolute Gasteiger partial charge is 0.298 e. The molecule has 0 unspecified atom stereocenters. The van der Waals surface area contributed by atoms with E-state index in [1.54, 1.807) is 6.92 Å². The number of hydrogen-bond donors (Lipinski definition) is 2. The van der Waals surface area contributed by atoms with E-state index in [1.807, 2.05) is 6.92 Å². The maximum atomic E-state index is 13.6. The van der Waals surface area contributed by atoms with Crippen molar-refractivity contribution in [2.24, 2.45) is 11.7 Å². The van der Waals surface area contributed by atoms with Crippen molar-refractivity contribution in [2.75, 3.05) is 5.32 Å². The van der Waals surface area contributed by atoms with Crippen molar-refractivity contribution in [1.29, 1.82) is 0 Å². The van der Waals surface area contributed by atoms with Crippen LogP contribution in [0.25, 0.3) is 0 Å². The van der Waals surface area contributed by atoms with Crippen molar-refractivity contribution in [2.45, 2.75) is 26.3 Å². The number of carbonyl (C=O) groups is 1. The SMILES string of the molecule is CC[C@H](C)[C@H](N)C(=O)Nc1c(F)cc(F)cc1[N+](=O)[O-]. The van der Waals surface area contributed by atoms with Crippen LogP contribution in [0, 0.1) is 27.7 Å². The largest absolute Gasteiger partial charge is 0.320 e. The molecule has 0 aliphatic heterocycles. The van der Waals surface area contributed by atoms with E-state index in [9.17, 15) is 23.7 Å². The number of hydrogen-bond acceptors (Lipinski definition) is 4. The lowest BCUT2D eigenvalue weighted by Crippen LogP contribution is -2.40. The van der Waals surface area contributed by atoms with Crippen LogP contribution in [0.5, 0.6) is 0 Å². The predicted molar refractivity (Wildman–Crippen MR) is 69.1 cm³/mol. The molecule has 2 atom stereocenters. The fourth-order valence-corrected chi connectivity index (χ4v) is 1.55. The fourth-order valence-electron chi connectivity index (χ4n) is 1.55. The third kappa shape index (κ3) is 3.47. The van der Waals surface area contributed by atoms with E-state index in [0.717, 1.165) is 0 Å². The van der Waals surface area contributed by atoms with E-state index >= 15 is 0 Å². The number of nitro groups is 1. The molecule has 1 amide bonds. The van der Waals surface area contributed by atoms with Crippen LogP contribution in [0.4, 0.5) is 20.2 Å². The number of anilines is 1. The quantitative estimate of drug-likeness (QED) is 0.640. The van der Waals surface area contributed by atoms with E-state index in [2.05, 4.69) is 5.32 Å². The molecule has 6 nitrogen and oxygen atoms in total. The minimum atomic E-state index is -1.22. The van der Waals surface area contributed by atoms with Gasteiger partial charge in [0, 0.05) is 6.07 Å². The van der Waals surface area contributed by atoms with Gasteiger partial charge in [-0.2, -0.15) is 0 Å². The molecule has 0 bridgehead atoms. The average Bonchev–Trinajstić information content (AvgIpc) is 2.39. The van der Waals surface area contributed by atoms with Gasteiger partial charge in [-0.1, -0.05) is 20.3 Å². The molecule has 20 heavy (non-hydrogen) atoms. The van der Waals surface area contributed by atoms with Crippen LogP contribution in [0.15, 0.2) is 12.1 Å². The van der Waals surface area contributed by atoms with Crippen LogP contribution >= 0.6 is 0 Å². The first-order chi connectivity index (χ1) is 9.27. The Bertz CT molecular complexity index is 537. The molecule has 1 rings (SSSR count). The predicted octanol–water partition coefficient (Wildman–Crippen LogP) is 2.18. The Hall–Kier alpha value is -2.09. The van der Waals surface area contributed by atoms with Crippen LogP contribution in [0.1, 0.15) is 20.3 Å². The number of benzene rings is 1. The van der Waals surface area contributed by atoms with E-state index in [-0.39, 0.29) is 5.92 Å². The molecule has 110 valence electrons.